The Morgan fingerprint density at radius 1 is 1.26 bits per heavy atom. The van der Waals surface area contributed by atoms with Crippen molar-refractivity contribution in [2.24, 2.45) is 0 Å². The van der Waals surface area contributed by atoms with Crippen molar-refractivity contribution in [1.82, 2.24) is 14.6 Å². The van der Waals surface area contributed by atoms with E-state index in [2.05, 4.69) is 10.1 Å². The summed E-state index contributed by atoms with van der Waals surface area (Å²) in [6, 6.07) is 7.36. The maximum Gasteiger partial charge on any atom is 0.214 e. The number of thiazole rings is 1. The van der Waals surface area contributed by atoms with Crippen molar-refractivity contribution in [3.05, 3.63) is 35.5 Å². The molecule has 2 heterocycles. The highest BCUT2D eigenvalue weighted by Crippen LogP contribution is 2.19. The summed E-state index contributed by atoms with van der Waals surface area (Å²) >= 11 is 1.45. The predicted molar refractivity (Wildman–Crippen MR) is 72.6 cm³/mol. The van der Waals surface area contributed by atoms with Crippen LogP contribution in [0.25, 0.3) is 4.96 Å². The second-order valence-electron chi connectivity index (χ2n) is 3.85. The lowest BCUT2D eigenvalue weighted by atomic mass is 10.3. The molecule has 6 nitrogen and oxygen atoms in total. The van der Waals surface area contributed by atoms with Crippen molar-refractivity contribution in [2.45, 2.75) is 6.61 Å². The Morgan fingerprint density at radius 3 is 2.68 bits per heavy atom. The fraction of sp³-hybridized carbons (Fsp3) is 0.167. The number of nitrogen functional groups attached to an aromatic ring is 1. The molecular weight excluding hydrogens is 264 g/mol. The number of methoxy groups -OCH3 is 1. The van der Waals surface area contributed by atoms with Crippen molar-refractivity contribution in [3.63, 3.8) is 0 Å². The van der Waals surface area contributed by atoms with Gasteiger partial charge in [-0.2, -0.15) is 9.50 Å². The summed E-state index contributed by atoms with van der Waals surface area (Å²) in [6.07, 6.45) is 0. The average molecular weight is 276 g/mol. The first-order valence-corrected chi connectivity index (χ1v) is 6.49. The minimum absolute atomic E-state index is 0.306. The smallest absolute Gasteiger partial charge is 0.214 e. The van der Waals surface area contributed by atoms with Crippen LogP contribution in [0.1, 0.15) is 5.82 Å². The van der Waals surface area contributed by atoms with E-state index < -0.39 is 0 Å². The van der Waals surface area contributed by atoms with Gasteiger partial charge in [0, 0.05) is 5.38 Å². The average Bonchev–Trinajstić information content (AvgIpc) is 2.99. The predicted octanol–water partition coefficient (Wildman–Crippen LogP) is 1.96. The van der Waals surface area contributed by atoms with Gasteiger partial charge in [-0.1, -0.05) is 0 Å². The summed E-state index contributed by atoms with van der Waals surface area (Å²) in [6.45, 7) is 0.306. The fourth-order valence-corrected chi connectivity index (χ4v) is 2.36. The third-order valence-corrected chi connectivity index (χ3v) is 3.41. The van der Waals surface area contributed by atoms with E-state index in [-0.39, 0.29) is 0 Å². The summed E-state index contributed by atoms with van der Waals surface area (Å²) in [5, 5.41) is 6.07. The van der Waals surface area contributed by atoms with Crippen LogP contribution in [0.3, 0.4) is 0 Å². The molecule has 7 heteroatoms. The summed E-state index contributed by atoms with van der Waals surface area (Å²) < 4.78 is 12.3. The van der Waals surface area contributed by atoms with Gasteiger partial charge in [0.15, 0.2) is 5.82 Å². The van der Waals surface area contributed by atoms with Gasteiger partial charge < -0.3 is 15.2 Å². The number of anilines is 1. The lowest BCUT2D eigenvalue weighted by molar-refractivity contribution is 0.295. The van der Waals surface area contributed by atoms with Crippen LogP contribution in [0.2, 0.25) is 0 Å². The monoisotopic (exact) mass is 276 g/mol. The lowest BCUT2D eigenvalue weighted by Crippen LogP contribution is -1.99. The van der Waals surface area contributed by atoms with E-state index in [1.807, 2.05) is 29.6 Å². The highest BCUT2D eigenvalue weighted by atomic mass is 32.1. The number of nitrogens with zero attached hydrogens (tertiary/aromatic N) is 3. The Labute approximate surface area is 113 Å². The third-order valence-electron chi connectivity index (χ3n) is 2.58. The minimum atomic E-state index is 0.306. The summed E-state index contributed by atoms with van der Waals surface area (Å²) in [5.41, 5.74) is 5.74. The van der Waals surface area contributed by atoms with E-state index in [4.69, 9.17) is 15.2 Å². The number of hydrogen-bond acceptors (Lipinski definition) is 6. The van der Waals surface area contributed by atoms with Crippen molar-refractivity contribution in [1.29, 1.82) is 0 Å². The normalized spacial score (nSPS) is 10.8. The third kappa shape index (κ3) is 2.32. The fourth-order valence-electron chi connectivity index (χ4n) is 1.63. The largest absolute Gasteiger partial charge is 0.497 e. The second-order valence-corrected chi connectivity index (χ2v) is 4.68. The van der Waals surface area contributed by atoms with Gasteiger partial charge in [-0.15, -0.1) is 16.4 Å². The molecule has 0 amide bonds. The van der Waals surface area contributed by atoms with Crippen LogP contribution in [-0.2, 0) is 6.61 Å². The minimum Gasteiger partial charge on any atom is -0.497 e. The Kier molecular flexibility index (Phi) is 2.96. The summed E-state index contributed by atoms with van der Waals surface area (Å²) in [4.78, 5) is 5.09. The Bertz CT molecular complexity index is 689. The second kappa shape index (κ2) is 4.77. The SMILES string of the molecule is COc1ccc(OCc2nc3scc(N)n3n2)cc1. The highest BCUT2D eigenvalue weighted by molar-refractivity contribution is 7.15. The summed E-state index contributed by atoms with van der Waals surface area (Å²) in [5.74, 6) is 2.73. The molecule has 3 aromatic rings. The summed E-state index contributed by atoms with van der Waals surface area (Å²) in [7, 11) is 1.63. The van der Waals surface area contributed by atoms with Gasteiger partial charge in [0.1, 0.15) is 23.9 Å². The standard InChI is InChI=1S/C12H12N4O2S/c1-17-8-2-4-9(5-3-8)18-6-11-14-12-16(15-11)10(13)7-19-12/h2-5,7H,6,13H2,1H3. The van der Waals surface area contributed by atoms with Gasteiger partial charge in [0.05, 0.1) is 7.11 Å². The number of rotatable bonds is 4. The zero-order valence-electron chi connectivity index (χ0n) is 10.2. The first-order chi connectivity index (χ1) is 9.26. The number of fused-ring (bicyclic) bond motifs is 1. The molecule has 2 N–H and O–H groups in total. The van der Waals surface area contributed by atoms with E-state index in [0.29, 0.717) is 18.2 Å². The van der Waals surface area contributed by atoms with Gasteiger partial charge >= 0.3 is 0 Å². The lowest BCUT2D eigenvalue weighted by Gasteiger charge is -2.04. The zero-order valence-corrected chi connectivity index (χ0v) is 11.1. The molecule has 0 aliphatic carbocycles. The van der Waals surface area contributed by atoms with E-state index >= 15 is 0 Å². The molecule has 0 spiro atoms. The maximum atomic E-state index is 5.74. The molecule has 0 aliphatic heterocycles. The number of hydrogen-bond donors (Lipinski definition) is 1. The van der Waals surface area contributed by atoms with Crippen LogP contribution in [-0.4, -0.2) is 21.7 Å². The van der Waals surface area contributed by atoms with Crippen LogP contribution in [0, 0.1) is 0 Å². The molecule has 0 aliphatic rings. The Balaban J connectivity index is 1.70. The molecular formula is C12H12N4O2S. The molecule has 0 saturated heterocycles. The number of benzene rings is 1. The Hall–Kier alpha value is -2.28. The molecule has 0 bridgehead atoms. The van der Waals surface area contributed by atoms with Crippen LogP contribution in [0.4, 0.5) is 5.82 Å². The first-order valence-electron chi connectivity index (χ1n) is 5.62. The highest BCUT2D eigenvalue weighted by Gasteiger charge is 2.08. The van der Waals surface area contributed by atoms with Gasteiger partial charge in [0.2, 0.25) is 4.96 Å². The Morgan fingerprint density at radius 2 is 2.00 bits per heavy atom. The molecule has 1 aromatic carbocycles. The van der Waals surface area contributed by atoms with Crippen molar-refractivity contribution >= 4 is 22.1 Å². The molecule has 0 saturated carbocycles. The van der Waals surface area contributed by atoms with E-state index in [0.717, 1.165) is 16.5 Å². The topological polar surface area (TPSA) is 74.7 Å². The van der Waals surface area contributed by atoms with E-state index in [1.54, 1.807) is 11.6 Å². The molecule has 0 fully saturated rings. The van der Waals surface area contributed by atoms with Crippen molar-refractivity contribution < 1.29 is 9.47 Å². The number of aromatic nitrogens is 3. The van der Waals surface area contributed by atoms with Gasteiger partial charge in [0.25, 0.3) is 0 Å². The van der Waals surface area contributed by atoms with Crippen LogP contribution in [0.15, 0.2) is 29.6 Å². The van der Waals surface area contributed by atoms with E-state index in [1.165, 1.54) is 11.3 Å². The molecule has 0 radical (unpaired) electrons. The molecule has 3 rings (SSSR count). The zero-order chi connectivity index (χ0) is 13.2. The van der Waals surface area contributed by atoms with Gasteiger partial charge in [-0.05, 0) is 24.3 Å². The molecule has 98 valence electrons. The van der Waals surface area contributed by atoms with Crippen LogP contribution in [0.5, 0.6) is 11.5 Å². The molecule has 0 unspecified atom stereocenters. The van der Waals surface area contributed by atoms with Crippen LogP contribution >= 0.6 is 11.3 Å². The number of ether oxygens (including phenoxy) is 2. The van der Waals surface area contributed by atoms with Crippen molar-refractivity contribution in [3.8, 4) is 11.5 Å². The van der Waals surface area contributed by atoms with Gasteiger partial charge in [-0.25, -0.2) is 0 Å². The molecule has 0 atom stereocenters. The van der Waals surface area contributed by atoms with Gasteiger partial charge in [-0.3, -0.25) is 0 Å². The molecule has 2 aromatic heterocycles. The first kappa shape index (κ1) is 11.8. The van der Waals surface area contributed by atoms with Crippen molar-refractivity contribution in [2.75, 3.05) is 12.8 Å². The quantitative estimate of drug-likeness (QED) is 0.788. The number of nitrogens with two attached hydrogens (primary N) is 1. The van der Waals surface area contributed by atoms with Crippen LogP contribution < -0.4 is 15.2 Å². The maximum absolute atomic E-state index is 5.74. The molecule has 19 heavy (non-hydrogen) atoms. The van der Waals surface area contributed by atoms with E-state index in [9.17, 15) is 0 Å².